The van der Waals surface area contributed by atoms with Crippen LogP contribution >= 0.6 is 0 Å². The summed E-state index contributed by atoms with van der Waals surface area (Å²) in [5.74, 6) is -1.35. The highest BCUT2D eigenvalue weighted by atomic mass is 32.3. The number of rotatable bonds is 8. The molecule has 33 heavy (non-hydrogen) atoms. The van der Waals surface area contributed by atoms with Crippen molar-refractivity contribution in [3.8, 4) is 0 Å². The molecular weight excluding hydrogens is 476 g/mol. The van der Waals surface area contributed by atoms with Gasteiger partial charge in [0.25, 0.3) is 0 Å². The van der Waals surface area contributed by atoms with E-state index in [9.17, 15) is 43.5 Å². The number of ether oxygens (including phenoxy) is 3. The second-order valence-corrected chi connectivity index (χ2v) is 8.58. The second-order valence-electron chi connectivity index (χ2n) is 7.54. The zero-order valence-corrected chi connectivity index (χ0v) is 18.4. The Morgan fingerprint density at radius 2 is 1.48 bits per heavy atom. The highest BCUT2D eigenvalue weighted by molar-refractivity contribution is 7.80. The predicted octanol–water partition coefficient (Wildman–Crippen LogP) is -5.28. The van der Waals surface area contributed by atoms with E-state index in [-0.39, 0.29) is 0 Å². The lowest BCUT2D eigenvalue weighted by molar-refractivity contribution is -0.296. The van der Waals surface area contributed by atoms with E-state index in [1.807, 2.05) is 0 Å². The fourth-order valence-corrected chi connectivity index (χ4v) is 4.03. The molecule has 10 atom stereocenters. The van der Waals surface area contributed by atoms with Crippen molar-refractivity contribution in [3.05, 3.63) is 0 Å². The van der Waals surface area contributed by atoms with Gasteiger partial charge in [-0.2, -0.15) is 8.42 Å². The number of carbonyl (C=O) groups is 2. The Bertz CT molecular complexity index is 796. The molecule has 2 saturated heterocycles. The van der Waals surface area contributed by atoms with Crippen LogP contribution in [0.3, 0.4) is 0 Å². The van der Waals surface area contributed by atoms with Crippen LogP contribution in [-0.2, 0) is 38.4 Å². The van der Waals surface area contributed by atoms with Crippen molar-refractivity contribution in [1.82, 2.24) is 10.6 Å². The predicted molar refractivity (Wildman–Crippen MR) is 102 cm³/mol. The fraction of sp³-hybridized carbons (Fsp3) is 0.875. The van der Waals surface area contributed by atoms with Gasteiger partial charge >= 0.3 is 10.4 Å². The van der Waals surface area contributed by atoms with Crippen LogP contribution in [0.2, 0.25) is 0 Å². The molecule has 0 radical (unpaired) electrons. The van der Waals surface area contributed by atoms with Crippen LogP contribution in [-0.4, -0.2) is 125 Å². The maximum absolute atomic E-state index is 11.5. The molecule has 0 aromatic rings. The van der Waals surface area contributed by atoms with Crippen LogP contribution in [0.15, 0.2) is 0 Å². The van der Waals surface area contributed by atoms with Gasteiger partial charge in [0.1, 0.15) is 48.7 Å². The van der Waals surface area contributed by atoms with Gasteiger partial charge in [-0.25, -0.2) is 4.18 Å². The van der Waals surface area contributed by atoms with Gasteiger partial charge < -0.3 is 50.4 Å². The summed E-state index contributed by atoms with van der Waals surface area (Å²) in [5, 5.41) is 54.8. The molecule has 8 N–H and O–H groups in total. The zero-order chi connectivity index (χ0) is 25.1. The lowest BCUT2D eigenvalue weighted by atomic mass is 9.96. The molecule has 17 heteroatoms. The van der Waals surface area contributed by atoms with E-state index in [0.29, 0.717) is 0 Å². The Balaban J connectivity index is 2.18. The third kappa shape index (κ3) is 7.23. The fourth-order valence-electron chi connectivity index (χ4n) is 3.52. The zero-order valence-electron chi connectivity index (χ0n) is 17.5. The molecule has 0 aromatic carbocycles. The van der Waals surface area contributed by atoms with Gasteiger partial charge in [0, 0.05) is 13.8 Å². The first-order valence-corrected chi connectivity index (χ1v) is 11.1. The first kappa shape index (κ1) is 27.7. The lowest BCUT2D eigenvalue weighted by Gasteiger charge is -2.44. The maximum atomic E-state index is 11.5. The molecule has 2 aliphatic rings. The first-order chi connectivity index (χ1) is 15.2. The molecule has 16 nitrogen and oxygen atoms in total. The van der Waals surface area contributed by atoms with Crippen LogP contribution < -0.4 is 10.6 Å². The van der Waals surface area contributed by atoms with Crippen molar-refractivity contribution in [1.29, 1.82) is 0 Å². The minimum Gasteiger partial charge on any atom is -0.394 e. The van der Waals surface area contributed by atoms with Crippen LogP contribution in [0, 0.1) is 0 Å². The highest BCUT2D eigenvalue weighted by Crippen LogP contribution is 2.27. The van der Waals surface area contributed by atoms with Gasteiger partial charge in [0.15, 0.2) is 12.6 Å². The van der Waals surface area contributed by atoms with Crippen LogP contribution in [0.25, 0.3) is 0 Å². The first-order valence-electron chi connectivity index (χ1n) is 9.70. The summed E-state index contributed by atoms with van der Waals surface area (Å²) in [5.41, 5.74) is 0. The van der Waals surface area contributed by atoms with E-state index in [1.54, 1.807) is 0 Å². The number of nitrogens with one attached hydrogen (secondary N) is 2. The number of aliphatic hydroxyl groups excluding tert-OH is 5. The van der Waals surface area contributed by atoms with Gasteiger partial charge in [0.2, 0.25) is 11.8 Å². The molecule has 2 amide bonds. The smallest absolute Gasteiger partial charge is 0.394 e. The maximum Gasteiger partial charge on any atom is 0.397 e. The Labute approximate surface area is 188 Å². The quantitative estimate of drug-likeness (QED) is 0.144. The van der Waals surface area contributed by atoms with E-state index in [2.05, 4.69) is 14.8 Å². The molecule has 0 spiro atoms. The summed E-state index contributed by atoms with van der Waals surface area (Å²) >= 11 is 0. The standard InChI is InChI=1S/C16H28N2O14S/c1-5(20)17-9-13(24)11(22)7(3-19)31-16(9)29-4-8-12(23)14(32-33(26,27)28)10(15(25)30-8)18-6(2)21/h7-16,19,22-25H,3-4H2,1-2H3,(H,17,20)(H,18,21)(H,26,27,28)/t7-,8-,9-,10-,11-,12+,13-,14-,15?,16-/m1/s1. The summed E-state index contributed by atoms with van der Waals surface area (Å²) < 4.78 is 51.8. The van der Waals surface area contributed by atoms with E-state index >= 15 is 0 Å². The van der Waals surface area contributed by atoms with Gasteiger partial charge in [-0.3, -0.25) is 14.1 Å². The van der Waals surface area contributed by atoms with E-state index < -0.39 is 96.7 Å². The molecule has 1 unspecified atom stereocenters. The SMILES string of the molecule is CC(=O)N[C@H]1[C@H](OC[C@H]2OC(O)[C@H](NC(C)=O)[C@@H](OS(=O)(=O)O)[C@H]2O)O[C@H](CO)[C@@H](O)[C@@H]1O. The summed E-state index contributed by atoms with van der Waals surface area (Å²) in [6.45, 7) is 0.795. The number of amides is 2. The Morgan fingerprint density at radius 3 is 2.00 bits per heavy atom. The number of hydrogen-bond acceptors (Lipinski definition) is 13. The molecule has 0 bridgehead atoms. The topological polar surface area (TPSA) is 251 Å². The van der Waals surface area contributed by atoms with Gasteiger partial charge in [-0.05, 0) is 0 Å². The van der Waals surface area contributed by atoms with Crippen molar-refractivity contribution in [2.75, 3.05) is 13.2 Å². The Morgan fingerprint density at radius 1 is 0.909 bits per heavy atom. The lowest BCUT2D eigenvalue weighted by Crippen LogP contribution is -2.66. The molecule has 2 rings (SSSR count). The van der Waals surface area contributed by atoms with E-state index in [0.717, 1.165) is 13.8 Å². The van der Waals surface area contributed by atoms with Crippen molar-refractivity contribution in [3.63, 3.8) is 0 Å². The van der Waals surface area contributed by atoms with Crippen molar-refractivity contribution < 1.29 is 66.5 Å². The molecule has 0 aliphatic carbocycles. The molecule has 0 saturated carbocycles. The van der Waals surface area contributed by atoms with Crippen molar-refractivity contribution in [2.45, 2.75) is 75.1 Å². The normalized spacial score (nSPS) is 39.6. The summed E-state index contributed by atoms with van der Waals surface area (Å²) in [4.78, 5) is 22.8. The molecule has 2 aliphatic heterocycles. The van der Waals surface area contributed by atoms with E-state index in [4.69, 9.17) is 18.8 Å². The summed E-state index contributed by atoms with van der Waals surface area (Å²) in [7, 11) is -5.13. The second kappa shape index (κ2) is 11.3. The summed E-state index contributed by atoms with van der Waals surface area (Å²) in [6.07, 6.45) is -13.2. The number of aliphatic hydroxyl groups is 5. The largest absolute Gasteiger partial charge is 0.397 e. The van der Waals surface area contributed by atoms with Crippen molar-refractivity contribution in [2.24, 2.45) is 0 Å². The van der Waals surface area contributed by atoms with Crippen LogP contribution in [0.1, 0.15) is 13.8 Å². The van der Waals surface area contributed by atoms with Crippen LogP contribution in [0.5, 0.6) is 0 Å². The van der Waals surface area contributed by atoms with Gasteiger partial charge in [0.05, 0.1) is 13.2 Å². The van der Waals surface area contributed by atoms with Crippen LogP contribution in [0.4, 0.5) is 0 Å². The summed E-state index contributed by atoms with van der Waals surface area (Å²) in [6, 6.07) is -2.91. The van der Waals surface area contributed by atoms with Gasteiger partial charge in [-0.15, -0.1) is 0 Å². The number of carbonyl (C=O) groups excluding carboxylic acids is 2. The molecule has 0 aromatic heterocycles. The minimum absolute atomic E-state index is 0.616. The number of hydrogen-bond donors (Lipinski definition) is 8. The highest BCUT2D eigenvalue weighted by Gasteiger charge is 2.50. The Hall–Kier alpha value is -1.51. The molecule has 192 valence electrons. The average Bonchev–Trinajstić information content (AvgIpc) is 2.69. The minimum atomic E-state index is -5.13. The Kier molecular flexibility index (Phi) is 9.48. The molecule has 2 heterocycles. The van der Waals surface area contributed by atoms with Crippen molar-refractivity contribution >= 4 is 22.2 Å². The monoisotopic (exact) mass is 504 g/mol. The average molecular weight is 504 g/mol. The third-order valence-electron chi connectivity index (χ3n) is 4.97. The third-order valence-corrected chi connectivity index (χ3v) is 5.44. The molecular formula is C16H28N2O14S. The molecule has 2 fully saturated rings. The van der Waals surface area contributed by atoms with E-state index in [1.165, 1.54) is 0 Å². The van der Waals surface area contributed by atoms with Gasteiger partial charge in [-0.1, -0.05) is 0 Å².